The van der Waals surface area contributed by atoms with Gasteiger partial charge in [0.1, 0.15) is 11.9 Å². The summed E-state index contributed by atoms with van der Waals surface area (Å²) in [5, 5.41) is 8.59. The normalized spacial score (nSPS) is 18.4. The molecule has 0 fully saturated rings. The molecule has 1 aromatic heterocycles. The molecule has 18 heavy (non-hydrogen) atoms. The zero-order valence-electron chi connectivity index (χ0n) is 9.39. The maximum atomic E-state index is 12.8. The molecule has 2 rings (SSSR count). The van der Waals surface area contributed by atoms with Gasteiger partial charge in [-0.3, -0.25) is 9.69 Å². The van der Waals surface area contributed by atoms with Crippen molar-refractivity contribution in [1.29, 1.82) is 0 Å². The Balaban J connectivity index is 2.16. The number of aromatic nitrogens is 2. The molecule has 1 aliphatic rings. The van der Waals surface area contributed by atoms with Crippen molar-refractivity contribution in [1.82, 2.24) is 14.5 Å². The number of hydrogen-bond acceptors (Lipinski definition) is 3. The lowest BCUT2D eigenvalue weighted by atomic mass is 10.1. The third kappa shape index (κ3) is 2.63. The van der Waals surface area contributed by atoms with Gasteiger partial charge in [-0.1, -0.05) is 0 Å². The second-order valence-electron chi connectivity index (χ2n) is 4.16. The van der Waals surface area contributed by atoms with Crippen molar-refractivity contribution in [2.45, 2.75) is 31.7 Å². The molecule has 0 bridgehead atoms. The topological polar surface area (TPSA) is 58.4 Å². The molecule has 2 heterocycles. The first kappa shape index (κ1) is 12.9. The average molecular weight is 263 g/mol. The van der Waals surface area contributed by atoms with Crippen molar-refractivity contribution < 1.29 is 23.1 Å². The van der Waals surface area contributed by atoms with Crippen LogP contribution in [0.4, 0.5) is 13.2 Å². The second kappa shape index (κ2) is 4.60. The molecule has 1 aromatic rings. The van der Waals surface area contributed by atoms with Gasteiger partial charge < -0.3 is 9.67 Å². The second-order valence-corrected chi connectivity index (χ2v) is 4.16. The summed E-state index contributed by atoms with van der Waals surface area (Å²) in [6.07, 6.45) is -2.26. The Morgan fingerprint density at radius 1 is 1.50 bits per heavy atom. The molecule has 1 atom stereocenters. The molecular weight excluding hydrogens is 251 g/mol. The summed E-state index contributed by atoms with van der Waals surface area (Å²) in [4.78, 5) is 15.6. The molecule has 0 aromatic carbocycles. The van der Waals surface area contributed by atoms with E-state index in [1.54, 1.807) is 10.8 Å². The maximum Gasteiger partial charge on any atom is 0.404 e. The molecule has 1 N–H and O–H groups in total. The van der Waals surface area contributed by atoms with Crippen molar-refractivity contribution in [2.75, 3.05) is 6.54 Å². The Morgan fingerprint density at radius 2 is 2.22 bits per heavy atom. The predicted molar refractivity (Wildman–Crippen MR) is 54.7 cm³/mol. The standard InChI is InChI=1S/C10H12F3N3O2/c11-10(12,13)7(5-9(17)18)16-4-3-15-2-1-14-8(15)6-16/h1-2,7H,3-6H2,(H,17,18). The molecular formula is C10H12F3N3O2. The van der Waals surface area contributed by atoms with E-state index in [9.17, 15) is 18.0 Å². The number of nitrogens with zero attached hydrogens (tertiary/aromatic N) is 3. The Labute approximate surface area is 101 Å². The quantitative estimate of drug-likeness (QED) is 0.887. The van der Waals surface area contributed by atoms with Crippen LogP contribution in [0.15, 0.2) is 12.4 Å². The first-order valence-corrected chi connectivity index (χ1v) is 5.40. The van der Waals surface area contributed by atoms with Gasteiger partial charge >= 0.3 is 12.1 Å². The highest BCUT2D eigenvalue weighted by atomic mass is 19.4. The van der Waals surface area contributed by atoms with Crippen molar-refractivity contribution in [3.05, 3.63) is 18.2 Å². The molecule has 5 nitrogen and oxygen atoms in total. The van der Waals surface area contributed by atoms with Crippen molar-refractivity contribution in [2.24, 2.45) is 0 Å². The fraction of sp³-hybridized carbons (Fsp3) is 0.600. The smallest absolute Gasteiger partial charge is 0.404 e. The minimum atomic E-state index is -4.55. The zero-order valence-corrected chi connectivity index (χ0v) is 9.39. The van der Waals surface area contributed by atoms with Crippen LogP contribution < -0.4 is 0 Å². The summed E-state index contributed by atoms with van der Waals surface area (Å²) < 4.78 is 40.3. The van der Waals surface area contributed by atoms with Crippen LogP contribution in [0.1, 0.15) is 12.2 Å². The van der Waals surface area contributed by atoms with Crippen LogP contribution >= 0.6 is 0 Å². The van der Waals surface area contributed by atoms with E-state index in [-0.39, 0.29) is 13.1 Å². The van der Waals surface area contributed by atoms with E-state index < -0.39 is 24.6 Å². The molecule has 0 saturated heterocycles. The highest BCUT2D eigenvalue weighted by Crippen LogP contribution is 2.29. The number of carbonyl (C=O) groups is 1. The van der Waals surface area contributed by atoms with Gasteiger partial charge in [-0.05, 0) is 0 Å². The van der Waals surface area contributed by atoms with Gasteiger partial charge in [-0.25, -0.2) is 4.98 Å². The number of halogens is 3. The minimum Gasteiger partial charge on any atom is -0.481 e. The third-order valence-corrected chi connectivity index (χ3v) is 2.96. The first-order chi connectivity index (χ1) is 8.38. The van der Waals surface area contributed by atoms with Crippen LogP contribution in [-0.4, -0.2) is 44.3 Å². The number of alkyl halides is 3. The van der Waals surface area contributed by atoms with Crippen molar-refractivity contribution in [3.63, 3.8) is 0 Å². The molecule has 1 unspecified atom stereocenters. The molecule has 0 saturated carbocycles. The average Bonchev–Trinajstić information content (AvgIpc) is 2.70. The van der Waals surface area contributed by atoms with E-state index in [4.69, 9.17) is 5.11 Å². The van der Waals surface area contributed by atoms with Gasteiger partial charge in [0.15, 0.2) is 0 Å². The van der Waals surface area contributed by atoms with E-state index in [1.807, 2.05) is 0 Å². The highest BCUT2D eigenvalue weighted by Gasteiger charge is 2.45. The number of aliphatic carboxylic acids is 1. The van der Waals surface area contributed by atoms with Gasteiger partial charge in [0.25, 0.3) is 0 Å². The van der Waals surface area contributed by atoms with Crippen LogP contribution in [0.5, 0.6) is 0 Å². The summed E-state index contributed by atoms with van der Waals surface area (Å²) in [6.45, 7) is 0.576. The highest BCUT2D eigenvalue weighted by molar-refractivity contribution is 5.67. The molecule has 100 valence electrons. The van der Waals surface area contributed by atoms with Crippen molar-refractivity contribution >= 4 is 5.97 Å². The molecule has 0 spiro atoms. The molecule has 8 heteroatoms. The minimum absolute atomic E-state index is 0.0183. The van der Waals surface area contributed by atoms with Gasteiger partial charge in [0.2, 0.25) is 0 Å². The number of imidazole rings is 1. The zero-order chi connectivity index (χ0) is 13.3. The third-order valence-electron chi connectivity index (χ3n) is 2.96. The number of carboxylic acid groups (broad SMARTS) is 1. The van der Waals surface area contributed by atoms with Crippen LogP contribution in [0.2, 0.25) is 0 Å². The van der Waals surface area contributed by atoms with Gasteiger partial charge in [-0.2, -0.15) is 13.2 Å². The monoisotopic (exact) mass is 263 g/mol. The molecule has 1 aliphatic heterocycles. The van der Waals surface area contributed by atoms with Gasteiger partial charge in [0, 0.05) is 25.5 Å². The van der Waals surface area contributed by atoms with Crippen LogP contribution in [0.25, 0.3) is 0 Å². The number of carboxylic acids is 1. The number of hydrogen-bond donors (Lipinski definition) is 1. The first-order valence-electron chi connectivity index (χ1n) is 5.40. The number of rotatable bonds is 3. The van der Waals surface area contributed by atoms with Crippen LogP contribution in [-0.2, 0) is 17.9 Å². The van der Waals surface area contributed by atoms with E-state index >= 15 is 0 Å². The molecule has 0 radical (unpaired) electrons. The Morgan fingerprint density at radius 3 is 2.83 bits per heavy atom. The summed E-state index contributed by atoms with van der Waals surface area (Å²) in [6, 6.07) is -1.96. The fourth-order valence-electron chi connectivity index (χ4n) is 2.08. The maximum absolute atomic E-state index is 12.8. The van der Waals surface area contributed by atoms with E-state index in [2.05, 4.69) is 4.98 Å². The lowest BCUT2D eigenvalue weighted by Crippen LogP contribution is -2.49. The Bertz CT molecular complexity index is 444. The van der Waals surface area contributed by atoms with E-state index in [1.165, 1.54) is 6.20 Å². The van der Waals surface area contributed by atoms with Crippen LogP contribution in [0, 0.1) is 0 Å². The Kier molecular flexibility index (Phi) is 3.29. The summed E-state index contributed by atoms with van der Waals surface area (Å²) in [7, 11) is 0. The van der Waals surface area contributed by atoms with E-state index in [0.29, 0.717) is 12.4 Å². The number of fused-ring (bicyclic) bond motifs is 1. The molecule has 0 aliphatic carbocycles. The SMILES string of the molecule is O=C(O)CC(N1CCn2ccnc2C1)C(F)(F)F. The summed E-state index contributed by atoms with van der Waals surface area (Å²) in [5.74, 6) is -0.924. The lowest BCUT2D eigenvalue weighted by Gasteiger charge is -2.34. The summed E-state index contributed by atoms with van der Waals surface area (Å²) >= 11 is 0. The fourth-order valence-corrected chi connectivity index (χ4v) is 2.08. The van der Waals surface area contributed by atoms with Gasteiger partial charge in [-0.15, -0.1) is 0 Å². The Hall–Kier alpha value is -1.57. The summed E-state index contributed by atoms with van der Waals surface area (Å²) in [5.41, 5.74) is 0. The van der Waals surface area contributed by atoms with Crippen molar-refractivity contribution in [3.8, 4) is 0 Å². The van der Waals surface area contributed by atoms with E-state index in [0.717, 1.165) is 4.90 Å². The largest absolute Gasteiger partial charge is 0.481 e. The van der Waals surface area contributed by atoms with Gasteiger partial charge in [0.05, 0.1) is 13.0 Å². The van der Waals surface area contributed by atoms with Crippen LogP contribution in [0.3, 0.4) is 0 Å². The lowest BCUT2D eigenvalue weighted by molar-refractivity contribution is -0.194. The molecule has 0 amide bonds. The predicted octanol–water partition coefficient (Wildman–Crippen LogP) is 1.10.